The minimum atomic E-state index is -0.501. The van der Waals surface area contributed by atoms with E-state index in [0.717, 1.165) is 25.7 Å². The van der Waals surface area contributed by atoms with Gasteiger partial charge in [0.25, 0.3) is 0 Å². The topological polar surface area (TPSA) is 40.5 Å². The van der Waals surface area contributed by atoms with Crippen LogP contribution in [0.5, 0.6) is 0 Å². The van der Waals surface area contributed by atoms with E-state index in [1.807, 2.05) is 13.8 Å². The van der Waals surface area contributed by atoms with Gasteiger partial charge < -0.3 is 10.2 Å². The Balaban J connectivity index is 2.48. The van der Waals surface area contributed by atoms with Crippen LogP contribution in [0.1, 0.15) is 39.5 Å². The lowest BCUT2D eigenvalue weighted by Gasteiger charge is -2.37. The maximum atomic E-state index is 9.96. The van der Waals surface area contributed by atoms with Gasteiger partial charge in [0.2, 0.25) is 0 Å². The van der Waals surface area contributed by atoms with E-state index in [2.05, 4.69) is 0 Å². The maximum absolute atomic E-state index is 9.96. The number of aliphatic hydroxyl groups excluding tert-OH is 1. The molecule has 2 heteroatoms. The second-order valence-corrected chi connectivity index (χ2v) is 3.99. The van der Waals surface area contributed by atoms with Crippen LogP contribution < -0.4 is 0 Å². The van der Waals surface area contributed by atoms with E-state index in [9.17, 15) is 10.2 Å². The van der Waals surface area contributed by atoms with E-state index in [4.69, 9.17) is 0 Å². The second kappa shape index (κ2) is 3.11. The predicted octanol–water partition coefficient (Wildman–Crippen LogP) is 1.31. The van der Waals surface area contributed by atoms with Crippen molar-refractivity contribution in [3.63, 3.8) is 0 Å². The highest BCUT2D eigenvalue weighted by Gasteiger charge is 2.34. The number of aliphatic hydroxyl groups is 2. The average Bonchev–Trinajstić information content (AvgIpc) is 1.95. The van der Waals surface area contributed by atoms with Crippen molar-refractivity contribution < 1.29 is 10.2 Å². The summed E-state index contributed by atoms with van der Waals surface area (Å²) in [6.45, 7) is 4.08. The monoisotopic (exact) mass is 158 g/mol. The highest BCUT2D eigenvalue weighted by molar-refractivity contribution is 4.87. The SMILES string of the molecule is CC(C)[C@]1(O)CC[C@H](O)CC1. The first-order valence-electron chi connectivity index (χ1n) is 4.45. The number of hydrogen-bond acceptors (Lipinski definition) is 2. The summed E-state index contributed by atoms with van der Waals surface area (Å²) in [4.78, 5) is 0. The van der Waals surface area contributed by atoms with Gasteiger partial charge in [-0.05, 0) is 31.6 Å². The fraction of sp³-hybridized carbons (Fsp3) is 1.00. The molecule has 0 atom stereocenters. The highest BCUT2D eigenvalue weighted by Crippen LogP contribution is 2.33. The van der Waals surface area contributed by atoms with Crippen molar-refractivity contribution in [2.75, 3.05) is 0 Å². The van der Waals surface area contributed by atoms with E-state index < -0.39 is 5.60 Å². The fourth-order valence-corrected chi connectivity index (χ4v) is 1.68. The lowest BCUT2D eigenvalue weighted by Crippen LogP contribution is -2.40. The van der Waals surface area contributed by atoms with Gasteiger partial charge in [-0.25, -0.2) is 0 Å². The van der Waals surface area contributed by atoms with E-state index in [0.29, 0.717) is 5.92 Å². The highest BCUT2D eigenvalue weighted by atomic mass is 16.3. The van der Waals surface area contributed by atoms with Crippen LogP contribution in [-0.4, -0.2) is 21.9 Å². The molecule has 0 saturated heterocycles. The summed E-state index contributed by atoms with van der Waals surface area (Å²) in [5, 5.41) is 19.2. The summed E-state index contributed by atoms with van der Waals surface area (Å²) in [7, 11) is 0. The Hall–Kier alpha value is -0.0800. The molecular formula is C9H18O2. The van der Waals surface area contributed by atoms with E-state index in [1.54, 1.807) is 0 Å². The molecule has 2 N–H and O–H groups in total. The molecule has 0 heterocycles. The summed E-state index contributed by atoms with van der Waals surface area (Å²) < 4.78 is 0. The molecule has 0 aromatic carbocycles. The van der Waals surface area contributed by atoms with Gasteiger partial charge in [-0.1, -0.05) is 13.8 Å². The molecule has 0 radical (unpaired) electrons. The van der Waals surface area contributed by atoms with Gasteiger partial charge in [0.1, 0.15) is 0 Å². The molecule has 1 aliphatic rings. The van der Waals surface area contributed by atoms with Crippen molar-refractivity contribution in [2.24, 2.45) is 5.92 Å². The van der Waals surface area contributed by atoms with Crippen LogP contribution in [0.2, 0.25) is 0 Å². The fourth-order valence-electron chi connectivity index (χ4n) is 1.68. The first-order valence-corrected chi connectivity index (χ1v) is 4.45. The van der Waals surface area contributed by atoms with Crippen LogP contribution in [0.15, 0.2) is 0 Å². The van der Waals surface area contributed by atoms with Gasteiger partial charge in [0, 0.05) is 0 Å². The van der Waals surface area contributed by atoms with Crippen molar-refractivity contribution in [1.29, 1.82) is 0 Å². The van der Waals surface area contributed by atoms with Crippen LogP contribution in [0.4, 0.5) is 0 Å². The molecule has 0 bridgehead atoms. The van der Waals surface area contributed by atoms with Crippen LogP contribution >= 0.6 is 0 Å². The van der Waals surface area contributed by atoms with Gasteiger partial charge >= 0.3 is 0 Å². The largest absolute Gasteiger partial charge is 0.393 e. The van der Waals surface area contributed by atoms with Crippen molar-refractivity contribution in [3.8, 4) is 0 Å². The molecule has 1 fully saturated rings. The summed E-state index contributed by atoms with van der Waals surface area (Å²) in [6.07, 6.45) is 2.86. The molecule has 0 unspecified atom stereocenters. The zero-order valence-corrected chi connectivity index (χ0v) is 7.38. The molecule has 0 amide bonds. The Morgan fingerprint density at radius 1 is 1.27 bits per heavy atom. The van der Waals surface area contributed by atoms with Gasteiger partial charge in [-0.2, -0.15) is 0 Å². The third-order valence-corrected chi connectivity index (χ3v) is 2.90. The summed E-state index contributed by atoms with van der Waals surface area (Å²) in [6, 6.07) is 0. The van der Waals surface area contributed by atoms with Crippen molar-refractivity contribution >= 4 is 0 Å². The minimum absolute atomic E-state index is 0.172. The minimum Gasteiger partial charge on any atom is -0.393 e. The summed E-state index contributed by atoms with van der Waals surface area (Å²) >= 11 is 0. The van der Waals surface area contributed by atoms with E-state index in [-0.39, 0.29) is 6.10 Å². The molecule has 0 aromatic rings. The van der Waals surface area contributed by atoms with Crippen molar-refractivity contribution in [2.45, 2.75) is 51.2 Å². The van der Waals surface area contributed by atoms with Crippen LogP contribution in [-0.2, 0) is 0 Å². The zero-order chi connectivity index (χ0) is 8.48. The first-order chi connectivity index (χ1) is 5.04. The molecule has 0 spiro atoms. The zero-order valence-electron chi connectivity index (χ0n) is 7.38. The van der Waals surface area contributed by atoms with Gasteiger partial charge in [0.15, 0.2) is 0 Å². The van der Waals surface area contributed by atoms with Gasteiger partial charge in [-0.3, -0.25) is 0 Å². The lowest BCUT2D eigenvalue weighted by molar-refractivity contribution is -0.0636. The molecule has 1 saturated carbocycles. The van der Waals surface area contributed by atoms with Crippen LogP contribution in [0.3, 0.4) is 0 Å². The van der Waals surface area contributed by atoms with Gasteiger partial charge in [0.05, 0.1) is 11.7 Å². The van der Waals surface area contributed by atoms with Crippen LogP contribution in [0.25, 0.3) is 0 Å². The first kappa shape index (κ1) is 9.01. The lowest BCUT2D eigenvalue weighted by atomic mass is 9.76. The molecular weight excluding hydrogens is 140 g/mol. The van der Waals surface area contributed by atoms with Crippen molar-refractivity contribution in [3.05, 3.63) is 0 Å². The Morgan fingerprint density at radius 3 is 2.09 bits per heavy atom. The normalized spacial score (nSPS) is 39.5. The van der Waals surface area contributed by atoms with Gasteiger partial charge in [-0.15, -0.1) is 0 Å². The summed E-state index contributed by atoms with van der Waals surface area (Å²) in [5.41, 5.74) is -0.501. The Bertz CT molecular complexity index is 124. The molecule has 0 aromatic heterocycles. The maximum Gasteiger partial charge on any atom is 0.0672 e. The quantitative estimate of drug-likeness (QED) is 0.604. The Labute approximate surface area is 68.2 Å². The number of rotatable bonds is 1. The average molecular weight is 158 g/mol. The standard InChI is InChI=1S/C9H18O2/c1-7(2)9(11)5-3-8(10)4-6-9/h7-8,10-11H,3-6H2,1-2H3/t8-,9-. The third kappa shape index (κ3) is 1.94. The molecule has 1 aliphatic carbocycles. The molecule has 1 rings (SSSR count). The van der Waals surface area contributed by atoms with E-state index in [1.165, 1.54) is 0 Å². The molecule has 2 nitrogen and oxygen atoms in total. The Kier molecular flexibility index (Phi) is 2.55. The molecule has 66 valence electrons. The predicted molar refractivity (Wildman–Crippen MR) is 44.3 cm³/mol. The summed E-state index contributed by atoms with van der Waals surface area (Å²) in [5.74, 6) is 0.315. The third-order valence-electron chi connectivity index (χ3n) is 2.90. The smallest absolute Gasteiger partial charge is 0.0672 e. The Morgan fingerprint density at radius 2 is 1.73 bits per heavy atom. The molecule has 0 aliphatic heterocycles. The van der Waals surface area contributed by atoms with Crippen molar-refractivity contribution in [1.82, 2.24) is 0 Å². The number of hydrogen-bond donors (Lipinski definition) is 2. The van der Waals surface area contributed by atoms with E-state index >= 15 is 0 Å². The van der Waals surface area contributed by atoms with Crippen LogP contribution in [0, 0.1) is 5.92 Å². The second-order valence-electron chi connectivity index (χ2n) is 3.99. The molecule has 11 heavy (non-hydrogen) atoms.